The van der Waals surface area contributed by atoms with E-state index in [1.165, 1.54) is 37.7 Å². The Morgan fingerprint density at radius 2 is 2.08 bits per heavy atom. The normalized spacial score (nSPS) is 20.1. The lowest BCUT2D eigenvalue weighted by Gasteiger charge is -2.23. The molecule has 134 valence electrons. The van der Waals surface area contributed by atoms with E-state index in [9.17, 15) is 9.67 Å². The van der Waals surface area contributed by atoms with Gasteiger partial charge in [-0.25, -0.2) is 0 Å². The van der Waals surface area contributed by atoms with Gasteiger partial charge in [0.25, 0.3) is 0 Å². The van der Waals surface area contributed by atoms with Crippen molar-refractivity contribution < 1.29 is 9.67 Å². The number of hydrogen-bond acceptors (Lipinski definition) is 3. The summed E-state index contributed by atoms with van der Waals surface area (Å²) in [7, 11) is -2.19. The van der Waals surface area contributed by atoms with Crippen LogP contribution in [0.4, 0.5) is 0 Å². The smallest absolute Gasteiger partial charge is 0.105 e. The molecule has 0 heterocycles. The number of benzene rings is 1. The molecule has 0 spiro atoms. The maximum Gasteiger partial charge on any atom is 0.105 e. The van der Waals surface area contributed by atoms with Crippen LogP contribution in [0.5, 0.6) is 0 Å². The number of aryl methyl sites for hydroxylation is 1. The van der Waals surface area contributed by atoms with Crippen molar-refractivity contribution in [3.8, 4) is 0 Å². The Labute approximate surface area is 146 Å². The van der Waals surface area contributed by atoms with Crippen molar-refractivity contribution >= 4 is 7.14 Å². The van der Waals surface area contributed by atoms with E-state index < -0.39 is 7.14 Å². The van der Waals surface area contributed by atoms with Crippen molar-refractivity contribution in [1.82, 2.24) is 5.32 Å². The van der Waals surface area contributed by atoms with E-state index in [0.717, 1.165) is 11.7 Å². The minimum absolute atomic E-state index is 0.0587. The molecule has 1 saturated carbocycles. The average molecular weight is 349 g/mol. The van der Waals surface area contributed by atoms with Crippen LogP contribution in [-0.4, -0.2) is 31.1 Å². The van der Waals surface area contributed by atoms with E-state index in [-0.39, 0.29) is 12.6 Å². The van der Waals surface area contributed by atoms with Crippen LogP contribution in [0, 0.1) is 12.8 Å². The Hall–Kier alpha value is -0.890. The fourth-order valence-corrected chi connectivity index (χ4v) is 5.67. The second kappa shape index (κ2) is 9.56. The van der Waals surface area contributed by atoms with Crippen LogP contribution in [-0.2, 0) is 4.57 Å². The second-order valence-corrected chi connectivity index (χ2v) is 10.3. The molecule has 2 N–H and O–H groups in total. The Morgan fingerprint density at radius 1 is 1.33 bits per heavy atom. The van der Waals surface area contributed by atoms with E-state index in [1.807, 2.05) is 30.7 Å². The van der Waals surface area contributed by atoms with Crippen LogP contribution >= 0.6 is 7.14 Å². The van der Waals surface area contributed by atoms with Crippen LogP contribution < -0.4 is 5.32 Å². The van der Waals surface area contributed by atoms with Crippen molar-refractivity contribution in [2.24, 2.45) is 5.92 Å². The lowest BCUT2D eigenvalue weighted by atomic mass is 9.91. The zero-order chi connectivity index (χ0) is 17.4. The van der Waals surface area contributed by atoms with Gasteiger partial charge in [0, 0.05) is 12.7 Å². The van der Waals surface area contributed by atoms with E-state index in [2.05, 4.69) is 24.4 Å². The minimum Gasteiger partial charge on any atom is -0.394 e. The summed E-state index contributed by atoms with van der Waals surface area (Å²) in [4.78, 5) is 0. The Kier molecular flexibility index (Phi) is 7.74. The standard InChI is InChI=1S/C20H32NO2P/c1-17-8-6-11-19(14-17)20(15-22)21-12-7-13-24(2,23)16-18-9-4-3-5-10-18/h6-8,11,13-14,18,20-22H,3-5,9-10,12,15-16H2,1-2H3/b13-7+. The van der Waals surface area contributed by atoms with Gasteiger partial charge in [0.2, 0.25) is 0 Å². The molecule has 1 aromatic rings. The van der Waals surface area contributed by atoms with Gasteiger partial charge in [-0.1, -0.05) is 55.2 Å². The van der Waals surface area contributed by atoms with Crippen molar-refractivity contribution in [1.29, 1.82) is 0 Å². The number of rotatable bonds is 8. The van der Waals surface area contributed by atoms with E-state index in [1.54, 1.807) is 0 Å². The molecule has 2 atom stereocenters. The molecule has 0 amide bonds. The molecule has 0 aromatic heterocycles. The molecule has 1 aromatic carbocycles. The second-order valence-electron chi connectivity index (χ2n) is 7.30. The maximum absolute atomic E-state index is 12.7. The van der Waals surface area contributed by atoms with Crippen LogP contribution in [0.25, 0.3) is 0 Å². The predicted octanol–water partition coefficient (Wildman–Crippen LogP) is 4.70. The molecule has 3 nitrogen and oxygen atoms in total. The molecule has 1 aliphatic carbocycles. The predicted molar refractivity (Wildman–Crippen MR) is 103 cm³/mol. The molecule has 0 radical (unpaired) electrons. The number of hydrogen-bond donors (Lipinski definition) is 2. The Balaban J connectivity index is 1.82. The summed E-state index contributed by atoms with van der Waals surface area (Å²) in [6.07, 6.45) is 9.24. The third-order valence-electron chi connectivity index (χ3n) is 4.88. The fourth-order valence-electron chi connectivity index (χ4n) is 3.60. The first-order chi connectivity index (χ1) is 11.5. The molecule has 0 saturated heterocycles. The summed E-state index contributed by atoms with van der Waals surface area (Å²) in [6, 6.07) is 8.10. The summed E-state index contributed by atoms with van der Waals surface area (Å²) in [6.45, 7) is 4.64. The fraction of sp³-hybridized carbons (Fsp3) is 0.600. The first kappa shape index (κ1) is 19.4. The highest BCUT2D eigenvalue weighted by molar-refractivity contribution is 7.66. The van der Waals surface area contributed by atoms with E-state index in [4.69, 9.17) is 0 Å². The van der Waals surface area contributed by atoms with E-state index >= 15 is 0 Å². The van der Waals surface area contributed by atoms with Gasteiger partial charge >= 0.3 is 0 Å². The van der Waals surface area contributed by atoms with Gasteiger partial charge < -0.3 is 15.0 Å². The largest absolute Gasteiger partial charge is 0.394 e. The Morgan fingerprint density at radius 3 is 2.75 bits per heavy atom. The summed E-state index contributed by atoms with van der Waals surface area (Å²) in [5.41, 5.74) is 2.28. The topological polar surface area (TPSA) is 49.3 Å². The maximum atomic E-state index is 12.7. The van der Waals surface area contributed by atoms with Crippen molar-refractivity contribution in [3.63, 3.8) is 0 Å². The molecular formula is C20H32NO2P. The highest BCUT2D eigenvalue weighted by atomic mass is 31.2. The van der Waals surface area contributed by atoms with Gasteiger partial charge in [0.15, 0.2) is 0 Å². The molecular weight excluding hydrogens is 317 g/mol. The molecule has 2 unspecified atom stereocenters. The minimum atomic E-state index is -2.19. The van der Waals surface area contributed by atoms with Gasteiger partial charge in [-0.15, -0.1) is 0 Å². The van der Waals surface area contributed by atoms with Crippen LogP contribution in [0.15, 0.2) is 36.2 Å². The van der Waals surface area contributed by atoms with Gasteiger partial charge in [-0.2, -0.15) is 0 Å². The molecule has 2 rings (SSSR count). The monoisotopic (exact) mass is 349 g/mol. The lowest BCUT2D eigenvalue weighted by molar-refractivity contribution is 0.248. The van der Waals surface area contributed by atoms with Gasteiger partial charge in [0.1, 0.15) is 7.14 Å². The third-order valence-corrected chi connectivity index (χ3v) is 6.96. The number of nitrogens with one attached hydrogen (secondary N) is 1. The van der Waals surface area contributed by atoms with Crippen molar-refractivity contribution in [3.05, 3.63) is 47.3 Å². The summed E-state index contributed by atoms with van der Waals surface area (Å²) in [5, 5.41) is 12.9. The Bertz CT molecular complexity index is 579. The summed E-state index contributed by atoms with van der Waals surface area (Å²) < 4.78 is 12.7. The van der Waals surface area contributed by atoms with Crippen LogP contribution in [0.1, 0.15) is 49.3 Å². The lowest BCUT2D eigenvalue weighted by Crippen LogP contribution is -2.24. The summed E-state index contributed by atoms with van der Waals surface area (Å²) in [5.74, 6) is 2.56. The van der Waals surface area contributed by atoms with Gasteiger partial charge in [-0.3, -0.25) is 0 Å². The number of aliphatic hydroxyl groups excluding tert-OH is 1. The SMILES string of the molecule is Cc1cccc(C(CO)NC/C=C/P(C)(=O)CC2CCCCC2)c1. The quantitative estimate of drug-likeness (QED) is 0.669. The van der Waals surface area contributed by atoms with Gasteiger partial charge in [0.05, 0.1) is 12.6 Å². The van der Waals surface area contributed by atoms with Gasteiger partial charge in [-0.05, 0) is 43.7 Å². The average Bonchev–Trinajstić information content (AvgIpc) is 2.55. The number of aliphatic hydroxyl groups is 1. The zero-order valence-electron chi connectivity index (χ0n) is 15.1. The van der Waals surface area contributed by atoms with Crippen molar-refractivity contribution in [2.45, 2.75) is 45.1 Å². The first-order valence-electron chi connectivity index (χ1n) is 9.15. The summed E-state index contributed by atoms with van der Waals surface area (Å²) >= 11 is 0. The highest BCUT2D eigenvalue weighted by Crippen LogP contribution is 2.47. The molecule has 0 bridgehead atoms. The first-order valence-corrected chi connectivity index (χ1v) is 11.6. The highest BCUT2D eigenvalue weighted by Gasteiger charge is 2.21. The molecule has 24 heavy (non-hydrogen) atoms. The third kappa shape index (κ3) is 6.55. The van der Waals surface area contributed by atoms with Crippen LogP contribution in [0.2, 0.25) is 0 Å². The van der Waals surface area contributed by atoms with Crippen LogP contribution in [0.3, 0.4) is 0 Å². The molecule has 1 fully saturated rings. The molecule has 4 heteroatoms. The van der Waals surface area contributed by atoms with Crippen molar-refractivity contribution in [2.75, 3.05) is 26.0 Å². The molecule has 0 aliphatic heterocycles. The van der Waals surface area contributed by atoms with E-state index in [0.29, 0.717) is 12.5 Å². The molecule has 1 aliphatic rings. The zero-order valence-corrected chi connectivity index (χ0v) is 16.0.